The van der Waals surface area contributed by atoms with Gasteiger partial charge in [0.25, 0.3) is 5.69 Å². The van der Waals surface area contributed by atoms with E-state index >= 15 is 0 Å². The zero-order chi connectivity index (χ0) is 18.4. The Morgan fingerprint density at radius 3 is 2.69 bits per heavy atom. The summed E-state index contributed by atoms with van der Waals surface area (Å²) in [5.41, 5.74) is 3.26. The third-order valence-corrected chi connectivity index (χ3v) is 4.58. The maximum atomic E-state index is 11.2. The van der Waals surface area contributed by atoms with Crippen LogP contribution in [0.5, 0.6) is 0 Å². The summed E-state index contributed by atoms with van der Waals surface area (Å²) in [5, 5.41) is 19.4. The van der Waals surface area contributed by atoms with Gasteiger partial charge in [0.2, 0.25) is 5.89 Å². The normalized spacial score (nSPS) is 13.8. The van der Waals surface area contributed by atoms with E-state index in [0.29, 0.717) is 29.7 Å². The number of aryl methyl sites for hydroxylation is 1. The van der Waals surface area contributed by atoms with E-state index in [0.717, 1.165) is 29.7 Å². The van der Waals surface area contributed by atoms with Crippen LogP contribution in [0.15, 0.2) is 28.8 Å². The maximum absolute atomic E-state index is 11.2. The van der Waals surface area contributed by atoms with Crippen LogP contribution in [0.4, 0.5) is 5.69 Å². The lowest BCUT2D eigenvalue weighted by Gasteiger charge is -2.06. The molecule has 2 aromatic heterocycles. The van der Waals surface area contributed by atoms with Crippen LogP contribution >= 0.6 is 0 Å². The summed E-state index contributed by atoms with van der Waals surface area (Å²) in [6, 6.07) is 4.75. The highest BCUT2D eigenvalue weighted by molar-refractivity contribution is 5.82. The molecule has 0 amide bonds. The smallest absolute Gasteiger partial charge is 0.326 e. The number of non-ortho nitro benzene ring substituents is 1. The number of nitrogens with zero attached hydrogens (tertiary/aromatic N) is 4. The van der Waals surface area contributed by atoms with E-state index in [2.05, 4.69) is 10.2 Å². The molecule has 26 heavy (non-hydrogen) atoms. The minimum atomic E-state index is -0.502. The fourth-order valence-corrected chi connectivity index (χ4v) is 3.17. The van der Waals surface area contributed by atoms with E-state index in [4.69, 9.17) is 4.42 Å². The molecule has 0 unspecified atom stereocenters. The average Bonchev–Trinajstić information content (AvgIpc) is 3.28. The number of aldehydes is 1. The van der Waals surface area contributed by atoms with Crippen molar-refractivity contribution >= 4 is 12.0 Å². The molecule has 0 N–H and O–H groups in total. The van der Waals surface area contributed by atoms with Gasteiger partial charge in [-0.2, -0.15) is 0 Å². The van der Waals surface area contributed by atoms with Crippen molar-refractivity contribution in [1.29, 1.82) is 0 Å². The highest BCUT2D eigenvalue weighted by Crippen LogP contribution is 2.40. The Labute approximate surface area is 148 Å². The largest absolute Gasteiger partial charge is 0.407 e. The van der Waals surface area contributed by atoms with Crippen LogP contribution in [0.25, 0.3) is 17.1 Å². The molecular weight excluding hydrogens is 336 g/mol. The van der Waals surface area contributed by atoms with Gasteiger partial charge in [0.1, 0.15) is 6.29 Å². The van der Waals surface area contributed by atoms with Gasteiger partial charge in [-0.25, -0.2) is 0 Å². The number of benzene rings is 1. The number of nitro benzene ring substituents is 1. The van der Waals surface area contributed by atoms with E-state index in [1.54, 1.807) is 10.6 Å². The zero-order valence-corrected chi connectivity index (χ0v) is 14.3. The van der Waals surface area contributed by atoms with Gasteiger partial charge >= 0.3 is 6.01 Å². The van der Waals surface area contributed by atoms with Gasteiger partial charge in [-0.3, -0.25) is 19.5 Å². The van der Waals surface area contributed by atoms with Gasteiger partial charge < -0.3 is 4.42 Å². The summed E-state index contributed by atoms with van der Waals surface area (Å²) in [6.07, 6.45) is 4.60. The summed E-state index contributed by atoms with van der Waals surface area (Å²) >= 11 is 0. The first-order valence-electron chi connectivity index (χ1n) is 8.25. The molecule has 0 saturated heterocycles. The van der Waals surface area contributed by atoms with E-state index in [1.165, 1.54) is 12.1 Å². The van der Waals surface area contributed by atoms with Crippen molar-refractivity contribution in [3.05, 3.63) is 57.2 Å². The Hall–Kier alpha value is -3.29. The lowest BCUT2D eigenvalue weighted by molar-refractivity contribution is -0.384. The number of nitro groups is 1. The van der Waals surface area contributed by atoms with Crippen LogP contribution in [0.2, 0.25) is 0 Å². The summed E-state index contributed by atoms with van der Waals surface area (Å²) < 4.78 is 7.54. The predicted octanol–water partition coefficient (Wildman–Crippen LogP) is 3.74. The van der Waals surface area contributed by atoms with Gasteiger partial charge in [-0.1, -0.05) is 5.10 Å². The second kappa shape index (κ2) is 5.91. The third-order valence-electron chi connectivity index (χ3n) is 4.58. The Bertz CT molecular complexity index is 1030. The van der Waals surface area contributed by atoms with Crippen molar-refractivity contribution in [3.8, 4) is 17.1 Å². The highest BCUT2D eigenvalue weighted by atomic mass is 16.6. The number of aromatic nitrogens is 3. The molecule has 1 aromatic carbocycles. The molecule has 1 aliphatic carbocycles. The van der Waals surface area contributed by atoms with E-state index in [-0.39, 0.29) is 11.3 Å². The lowest BCUT2D eigenvalue weighted by Crippen LogP contribution is -1.96. The molecule has 4 rings (SSSR count). The molecule has 8 nitrogen and oxygen atoms in total. The van der Waals surface area contributed by atoms with Crippen molar-refractivity contribution in [1.82, 2.24) is 14.8 Å². The minimum absolute atomic E-state index is 0.120. The van der Waals surface area contributed by atoms with Crippen molar-refractivity contribution in [3.63, 3.8) is 0 Å². The molecule has 132 valence electrons. The Kier molecular flexibility index (Phi) is 3.68. The quantitative estimate of drug-likeness (QED) is 0.393. The molecule has 3 aromatic rings. The number of carbonyl (C=O) groups excluding carboxylic acids is 1. The fourth-order valence-electron chi connectivity index (χ4n) is 3.17. The van der Waals surface area contributed by atoms with Crippen molar-refractivity contribution in [2.45, 2.75) is 32.6 Å². The Balaban J connectivity index is 1.82. The average molecular weight is 352 g/mol. The molecular formula is C18H16N4O4. The fraction of sp³-hybridized carbons (Fsp3) is 0.278. The second-order valence-corrected chi connectivity index (χ2v) is 6.53. The van der Waals surface area contributed by atoms with Crippen LogP contribution < -0.4 is 0 Å². The first-order chi connectivity index (χ1) is 12.5. The number of rotatable bonds is 5. The SMILES string of the molecule is Cc1cn(-c2nnc(C3CC3)o2)c(C)c1-c1cc(C=O)cc([N+](=O)[O-])c1. The Morgan fingerprint density at radius 2 is 2.04 bits per heavy atom. The van der Waals surface area contributed by atoms with Crippen LogP contribution in [0, 0.1) is 24.0 Å². The molecule has 2 heterocycles. The molecule has 0 radical (unpaired) electrons. The first kappa shape index (κ1) is 16.2. The molecule has 1 saturated carbocycles. The molecule has 0 bridgehead atoms. The van der Waals surface area contributed by atoms with Gasteiger partial charge in [0.05, 0.1) is 4.92 Å². The zero-order valence-electron chi connectivity index (χ0n) is 14.3. The van der Waals surface area contributed by atoms with Gasteiger partial charge in [0, 0.05) is 41.1 Å². The summed E-state index contributed by atoms with van der Waals surface area (Å²) in [7, 11) is 0. The van der Waals surface area contributed by atoms with Crippen LogP contribution in [0.1, 0.15) is 46.3 Å². The van der Waals surface area contributed by atoms with Gasteiger partial charge in [-0.05, 0) is 43.9 Å². The summed E-state index contributed by atoms with van der Waals surface area (Å²) in [6.45, 7) is 3.78. The van der Waals surface area contributed by atoms with E-state index in [1.807, 2.05) is 20.0 Å². The lowest BCUT2D eigenvalue weighted by atomic mass is 10.00. The molecule has 0 spiro atoms. The minimum Gasteiger partial charge on any atom is -0.407 e. The number of hydrogen-bond acceptors (Lipinski definition) is 6. The van der Waals surface area contributed by atoms with Crippen molar-refractivity contribution in [2.24, 2.45) is 0 Å². The third kappa shape index (κ3) is 2.69. The van der Waals surface area contributed by atoms with E-state index in [9.17, 15) is 14.9 Å². The molecule has 0 atom stereocenters. The van der Waals surface area contributed by atoms with Gasteiger partial charge in [-0.15, -0.1) is 5.10 Å². The topological polar surface area (TPSA) is 104 Å². The molecule has 1 aliphatic rings. The Morgan fingerprint density at radius 1 is 1.27 bits per heavy atom. The van der Waals surface area contributed by atoms with E-state index < -0.39 is 4.92 Å². The van der Waals surface area contributed by atoms with Crippen molar-refractivity contribution < 1.29 is 14.1 Å². The highest BCUT2D eigenvalue weighted by Gasteiger charge is 2.30. The maximum Gasteiger partial charge on any atom is 0.326 e. The molecule has 1 fully saturated rings. The predicted molar refractivity (Wildman–Crippen MR) is 92.6 cm³/mol. The molecule has 0 aliphatic heterocycles. The number of carbonyl (C=O) groups is 1. The van der Waals surface area contributed by atoms with Crippen LogP contribution in [0.3, 0.4) is 0 Å². The standard InChI is InChI=1S/C18H16N4O4/c1-10-8-21(18-20-19-17(26-18)13-3-4-13)11(2)16(10)14-5-12(9-23)6-15(7-14)22(24)25/h5-9,13H,3-4H2,1-2H3. The number of hydrogen-bond donors (Lipinski definition) is 0. The first-order valence-corrected chi connectivity index (χ1v) is 8.25. The van der Waals surface area contributed by atoms with Crippen LogP contribution in [-0.4, -0.2) is 26.0 Å². The molecule has 8 heteroatoms. The summed E-state index contributed by atoms with van der Waals surface area (Å²) in [5.74, 6) is 1.01. The monoisotopic (exact) mass is 352 g/mol. The summed E-state index contributed by atoms with van der Waals surface area (Å²) in [4.78, 5) is 21.8. The second-order valence-electron chi connectivity index (χ2n) is 6.53. The van der Waals surface area contributed by atoms with Crippen LogP contribution in [-0.2, 0) is 0 Å². The van der Waals surface area contributed by atoms with Crippen molar-refractivity contribution in [2.75, 3.05) is 0 Å². The van der Waals surface area contributed by atoms with Gasteiger partial charge in [0.15, 0.2) is 0 Å².